The molecule has 1 aromatic heterocycles. The summed E-state index contributed by atoms with van der Waals surface area (Å²) in [4.78, 5) is 28.8. The average molecular weight is 242 g/mol. The molecule has 0 spiro atoms. The van der Waals surface area contributed by atoms with Gasteiger partial charge < -0.3 is 5.11 Å². The highest BCUT2D eigenvalue weighted by atomic mass is 16.4. The molecule has 1 aliphatic carbocycles. The first kappa shape index (κ1) is 10.7. The summed E-state index contributed by atoms with van der Waals surface area (Å²) in [7, 11) is 0. The van der Waals surface area contributed by atoms with E-state index in [0.29, 0.717) is 17.7 Å². The maximum absolute atomic E-state index is 11.4. The van der Waals surface area contributed by atoms with Gasteiger partial charge in [0.1, 0.15) is 5.69 Å². The summed E-state index contributed by atoms with van der Waals surface area (Å²) in [6.45, 7) is 0. The molecule has 0 amide bonds. The van der Waals surface area contributed by atoms with Gasteiger partial charge in [-0.05, 0) is 18.4 Å². The molecule has 18 heavy (non-hydrogen) atoms. The number of aromatic carboxylic acids is 1. The molecule has 0 fully saturated rings. The molecule has 90 valence electrons. The zero-order chi connectivity index (χ0) is 12.7. The van der Waals surface area contributed by atoms with E-state index in [4.69, 9.17) is 5.11 Å². The maximum Gasteiger partial charge on any atom is 0.352 e. The van der Waals surface area contributed by atoms with Gasteiger partial charge in [0.2, 0.25) is 0 Å². The molecule has 0 saturated carbocycles. The summed E-state index contributed by atoms with van der Waals surface area (Å²) < 4.78 is 0. The highest BCUT2D eigenvalue weighted by molar-refractivity contribution is 5.90. The number of aryl methyl sites for hydroxylation is 1. The quantitative estimate of drug-likeness (QED) is 0.788. The average Bonchev–Trinajstić information content (AvgIpc) is 2.37. The Kier molecular flexibility index (Phi) is 2.26. The van der Waals surface area contributed by atoms with E-state index in [1.807, 2.05) is 24.3 Å². The van der Waals surface area contributed by atoms with E-state index in [1.165, 1.54) is 0 Å². The van der Waals surface area contributed by atoms with E-state index in [-0.39, 0.29) is 5.69 Å². The minimum atomic E-state index is -1.12. The molecule has 2 aromatic rings. The summed E-state index contributed by atoms with van der Waals surface area (Å²) in [5.41, 5.74) is 2.40. The van der Waals surface area contributed by atoms with Gasteiger partial charge in [-0.1, -0.05) is 24.3 Å². The van der Waals surface area contributed by atoms with Gasteiger partial charge in [0.05, 0.1) is 5.69 Å². The molecule has 0 bridgehead atoms. The molecule has 3 rings (SSSR count). The molecule has 0 unspecified atom stereocenters. The Morgan fingerprint density at radius 2 is 2.06 bits per heavy atom. The third-order valence-corrected chi connectivity index (χ3v) is 3.16. The van der Waals surface area contributed by atoms with Gasteiger partial charge in [-0.25, -0.2) is 9.59 Å². The molecular formula is C13H10N2O3. The molecule has 0 saturated heterocycles. The molecule has 1 aromatic carbocycles. The number of carbonyl (C=O) groups is 1. The van der Waals surface area contributed by atoms with Crippen LogP contribution in [0.4, 0.5) is 0 Å². The SMILES string of the molecule is O=C(O)c1[nH]c(=O)nc2c1CCc1ccccc1-2. The lowest BCUT2D eigenvalue weighted by Crippen LogP contribution is -2.22. The Morgan fingerprint density at radius 3 is 2.83 bits per heavy atom. The molecule has 0 aliphatic heterocycles. The highest BCUT2D eigenvalue weighted by Gasteiger charge is 2.23. The maximum atomic E-state index is 11.4. The third-order valence-electron chi connectivity index (χ3n) is 3.16. The molecule has 2 N–H and O–H groups in total. The normalized spacial score (nSPS) is 12.7. The second-order valence-corrected chi connectivity index (χ2v) is 4.21. The third kappa shape index (κ3) is 1.52. The van der Waals surface area contributed by atoms with Gasteiger partial charge in [-0.2, -0.15) is 4.98 Å². The first-order valence-corrected chi connectivity index (χ1v) is 5.61. The summed E-state index contributed by atoms with van der Waals surface area (Å²) in [5.74, 6) is -1.12. The van der Waals surface area contributed by atoms with Crippen molar-refractivity contribution in [1.29, 1.82) is 0 Å². The second kappa shape index (κ2) is 3.80. The van der Waals surface area contributed by atoms with Crippen LogP contribution in [0.15, 0.2) is 29.1 Å². The molecule has 1 aliphatic rings. The minimum Gasteiger partial charge on any atom is -0.477 e. The standard InChI is InChI=1S/C13H10N2O3/c16-12(17)11-9-6-5-7-3-1-2-4-8(7)10(9)14-13(18)15-11/h1-4H,5-6H2,(H,16,17)(H,14,15,18). The Balaban J connectivity index is 2.35. The summed E-state index contributed by atoms with van der Waals surface area (Å²) >= 11 is 0. The van der Waals surface area contributed by atoms with Crippen LogP contribution in [0.3, 0.4) is 0 Å². The number of nitrogens with zero attached hydrogens (tertiary/aromatic N) is 1. The van der Waals surface area contributed by atoms with E-state index < -0.39 is 11.7 Å². The molecule has 0 atom stereocenters. The highest BCUT2D eigenvalue weighted by Crippen LogP contribution is 2.31. The first-order chi connectivity index (χ1) is 8.66. The number of benzene rings is 1. The second-order valence-electron chi connectivity index (χ2n) is 4.21. The zero-order valence-electron chi connectivity index (χ0n) is 9.43. The van der Waals surface area contributed by atoms with Crippen LogP contribution in [0.25, 0.3) is 11.3 Å². The number of carboxylic acids is 1. The van der Waals surface area contributed by atoms with E-state index in [0.717, 1.165) is 17.5 Å². The van der Waals surface area contributed by atoms with E-state index >= 15 is 0 Å². The zero-order valence-corrected chi connectivity index (χ0v) is 9.43. The fourth-order valence-corrected chi connectivity index (χ4v) is 2.38. The van der Waals surface area contributed by atoms with Crippen LogP contribution in [-0.4, -0.2) is 21.0 Å². The summed E-state index contributed by atoms with van der Waals surface area (Å²) in [6, 6.07) is 7.62. The number of fused-ring (bicyclic) bond motifs is 3. The van der Waals surface area contributed by atoms with Crippen molar-refractivity contribution in [2.75, 3.05) is 0 Å². The lowest BCUT2D eigenvalue weighted by Gasteiger charge is -2.19. The van der Waals surface area contributed by atoms with Crippen LogP contribution in [0.1, 0.15) is 21.6 Å². The number of hydrogen-bond donors (Lipinski definition) is 2. The van der Waals surface area contributed by atoms with Crippen LogP contribution in [0.2, 0.25) is 0 Å². The monoisotopic (exact) mass is 242 g/mol. The summed E-state index contributed by atoms with van der Waals surface area (Å²) in [6.07, 6.45) is 1.34. The van der Waals surface area contributed by atoms with Crippen molar-refractivity contribution in [1.82, 2.24) is 9.97 Å². The number of H-pyrrole nitrogens is 1. The van der Waals surface area contributed by atoms with Crippen LogP contribution in [0.5, 0.6) is 0 Å². The smallest absolute Gasteiger partial charge is 0.352 e. The van der Waals surface area contributed by atoms with Gasteiger partial charge in [0.25, 0.3) is 0 Å². The van der Waals surface area contributed by atoms with Gasteiger partial charge in [0, 0.05) is 11.1 Å². The minimum absolute atomic E-state index is 0.0421. The van der Waals surface area contributed by atoms with E-state index in [9.17, 15) is 9.59 Å². The Bertz CT molecular complexity index is 704. The van der Waals surface area contributed by atoms with Crippen molar-refractivity contribution in [2.24, 2.45) is 0 Å². The lowest BCUT2D eigenvalue weighted by atomic mass is 9.88. The van der Waals surface area contributed by atoms with Crippen LogP contribution >= 0.6 is 0 Å². The Labute approximate surface area is 102 Å². The number of carboxylic acid groups (broad SMARTS) is 1. The van der Waals surface area contributed by atoms with Crippen LogP contribution in [-0.2, 0) is 12.8 Å². The largest absolute Gasteiger partial charge is 0.477 e. The van der Waals surface area contributed by atoms with Crippen molar-refractivity contribution >= 4 is 5.97 Å². The first-order valence-electron chi connectivity index (χ1n) is 5.61. The molecule has 1 heterocycles. The summed E-state index contributed by atoms with van der Waals surface area (Å²) in [5, 5.41) is 9.12. The number of aromatic nitrogens is 2. The Hall–Kier alpha value is -2.43. The number of aromatic amines is 1. The van der Waals surface area contributed by atoms with Crippen LogP contribution < -0.4 is 5.69 Å². The van der Waals surface area contributed by atoms with Crippen molar-refractivity contribution in [2.45, 2.75) is 12.8 Å². The molecule has 5 nitrogen and oxygen atoms in total. The molecule has 0 radical (unpaired) electrons. The van der Waals surface area contributed by atoms with Gasteiger partial charge in [0.15, 0.2) is 0 Å². The number of rotatable bonds is 1. The number of hydrogen-bond acceptors (Lipinski definition) is 3. The Morgan fingerprint density at radius 1 is 1.28 bits per heavy atom. The van der Waals surface area contributed by atoms with E-state index in [2.05, 4.69) is 9.97 Å². The van der Waals surface area contributed by atoms with Crippen molar-refractivity contribution < 1.29 is 9.90 Å². The lowest BCUT2D eigenvalue weighted by molar-refractivity contribution is 0.0688. The fraction of sp³-hybridized carbons (Fsp3) is 0.154. The molecular weight excluding hydrogens is 232 g/mol. The van der Waals surface area contributed by atoms with Crippen molar-refractivity contribution in [3.05, 3.63) is 51.6 Å². The van der Waals surface area contributed by atoms with Crippen molar-refractivity contribution in [3.8, 4) is 11.3 Å². The topological polar surface area (TPSA) is 83.0 Å². The predicted molar refractivity (Wildman–Crippen MR) is 64.7 cm³/mol. The molecule has 5 heteroatoms. The fourth-order valence-electron chi connectivity index (χ4n) is 2.38. The van der Waals surface area contributed by atoms with Crippen molar-refractivity contribution in [3.63, 3.8) is 0 Å². The van der Waals surface area contributed by atoms with Gasteiger partial charge >= 0.3 is 11.7 Å². The van der Waals surface area contributed by atoms with Gasteiger partial charge in [-0.15, -0.1) is 0 Å². The van der Waals surface area contributed by atoms with Gasteiger partial charge in [-0.3, -0.25) is 4.98 Å². The van der Waals surface area contributed by atoms with E-state index in [1.54, 1.807) is 0 Å². The van der Waals surface area contributed by atoms with Crippen LogP contribution in [0, 0.1) is 0 Å². The predicted octanol–water partition coefficient (Wildman–Crippen LogP) is 1.23. The number of nitrogens with one attached hydrogen (secondary N) is 1.